The molecule has 1 aromatic heterocycles. The Bertz CT molecular complexity index is 1510. The van der Waals surface area contributed by atoms with Gasteiger partial charge in [0.15, 0.2) is 0 Å². The Balaban J connectivity index is 1.60. The smallest absolute Gasteiger partial charge is 0.272 e. The summed E-state index contributed by atoms with van der Waals surface area (Å²) < 4.78 is 44.4. The number of rotatable bonds is 7. The van der Waals surface area contributed by atoms with Gasteiger partial charge in [-0.25, -0.2) is 12.8 Å². The molecule has 0 spiro atoms. The number of carbonyl (C=O) groups excluding carboxylic acids is 1. The Morgan fingerprint density at radius 3 is 2.37 bits per heavy atom. The molecular weight excluding hydrogens is 469 g/mol. The van der Waals surface area contributed by atoms with Crippen LogP contribution < -0.4 is 14.8 Å². The number of hydrogen-bond donors (Lipinski definition) is 3. The fourth-order valence-electron chi connectivity index (χ4n) is 3.95. The van der Waals surface area contributed by atoms with Gasteiger partial charge in [0.25, 0.3) is 5.91 Å². The summed E-state index contributed by atoms with van der Waals surface area (Å²) >= 11 is 0. The van der Waals surface area contributed by atoms with Crippen LogP contribution in [0.1, 0.15) is 35.5 Å². The summed E-state index contributed by atoms with van der Waals surface area (Å²) in [5.74, 6) is -0.306. The number of amides is 1. The molecule has 0 saturated carbocycles. The number of benzene rings is 3. The maximum atomic E-state index is 13.4. The number of sulfonamides is 1. The number of halogens is 1. The molecule has 0 bridgehead atoms. The molecule has 9 heteroatoms. The molecule has 0 aliphatic heterocycles. The minimum atomic E-state index is -3.51. The van der Waals surface area contributed by atoms with Crippen molar-refractivity contribution >= 4 is 38.2 Å². The van der Waals surface area contributed by atoms with Crippen LogP contribution in [0.3, 0.4) is 0 Å². The van der Waals surface area contributed by atoms with Gasteiger partial charge in [0.1, 0.15) is 17.3 Å². The average molecular weight is 496 g/mol. The summed E-state index contributed by atoms with van der Waals surface area (Å²) in [6.45, 7) is 4.07. The predicted molar refractivity (Wildman–Crippen MR) is 136 cm³/mol. The Morgan fingerprint density at radius 1 is 1.00 bits per heavy atom. The van der Waals surface area contributed by atoms with E-state index in [1.807, 2.05) is 32.0 Å². The maximum Gasteiger partial charge on any atom is 0.272 e. The molecule has 7 nitrogen and oxygen atoms in total. The van der Waals surface area contributed by atoms with Gasteiger partial charge < -0.3 is 15.0 Å². The number of carbonyl (C=O) groups is 1. The zero-order chi connectivity index (χ0) is 25.4. The van der Waals surface area contributed by atoms with Crippen LogP contribution in [0.15, 0.2) is 66.7 Å². The van der Waals surface area contributed by atoms with E-state index in [4.69, 9.17) is 4.74 Å². The van der Waals surface area contributed by atoms with E-state index in [0.29, 0.717) is 28.0 Å². The van der Waals surface area contributed by atoms with Crippen LogP contribution in [0.4, 0.5) is 15.8 Å². The van der Waals surface area contributed by atoms with Crippen LogP contribution in [-0.4, -0.2) is 32.7 Å². The monoisotopic (exact) mass is 495 g/mol. The third kappa shape index (κ3) is 5.30. The van der Waals surface area contributed by atoms with Crippen molar-refractivity contribution in [3.63, 3.8) is 0 Å². The lowest BCUT2D eigenvalue weighted by molar-refractivity contribution is 0.102. The van der Waals surface area contributed by atoms with Crippen molar-refractivity contribution in [3.8, 4) is 5.75 Å². The second kappa shape index (κ2) is 9.07. The first kappa shape index (κ1) is 24.3. The van der Waals surface area contributed by atoms with E-state index in [-0.39, 0.29) is 17.4 Å². The zero-order valence-corrected chi connectivity index (χ0v) is 20.6. The molecule has 0 aliphatic rings. The molecule has 3 N–H and O–H groups in total. The minimum absolute atomic E-state index is 0.270. The summed E-state index contributed by atoms with van der Waals surface area (Å²) in [5.41, 5.74) is 3.26. The highest BCUT2D eigenvalue weighted by atomic mass is 32.2. The van der Waals surface area contributed by atoms with Gasteiger partial charge in [0.05, 0.1) is 19.1 Å². The van der Waals surface area contributed by atoms with Crippen molar-refractivity contribution in [2.75, 3.05) is 23.4 Å². The summed E-state index contributed by atoms with van der Waals surface area (Å²) in [7, 11) is -2.07. The van der Waals surface area contributed by atoms with Gasteiger partial charge in [0, 0.05) is 22.0 Å². The highest BCUT2D eigenvalue weighted by Gasteiger charge is 2.24. The number of H-pyrrole nitrogens is 1. The number of aromatic amines is 1. The van der Waals surface area contributed by atoms with Crippen LogP contribution in [-0.2, 0) is 15.4 Å². The Morgan fingerprint density at radius 2 is 1.71 bits per heavy atom. The second-order valence-electron chi connectivity index (χ2n) is 8.86. The van der Waals surface area contributed by atoms with Crippen LogP contribution in [0.25, 0.3) is 10.9 Å². The number of hydrogen-bond acceptors (Lipinski definition) is 4. The molecule has 0 unspecified atom stereocenters. The lowest BCUT2D eigenvalue weighted by atomic mass is 9.78. The zero-order valence-electron chi connectivity index (χ0n) is 19.8. The van der Waals surface area contributed by atoms with Crippen LogP contribution in [0.2, 0.25) is 0 Å². The van der Waals surface area contributed by atoms with Crippen LogP contribution >= 0.6 is 0 Å². The van der Waals surface area contributed by atoms with E-state index in [9.17, 15) is 17.6 Å². The molecule has 0 aliphatic carbocycles. The number of aromatic nitrogens is 1. The fourth-order valence-corrected chi connectivity index (χ4v) is 4.51. The molecule has 1 amide bonds. The van der Waals surface area contributed by atoms with E-state index in [1.54, 1.807) is 36.4 Å². The Hall–Kier alpha value is -3.85. The van der Waals surface area contributed by atoms with Gasteiger partial charge in [-0.2, -0.15) is 0 Å². The average Bonchev–Trinajstić information content (AvgIpc) is 3.21. The van der Waals surface area contributed by atoms with E-state index in [0.717, 1.165) is 17.4 Å². The first-order valence-electron chi connectivity index (χ1n) is 10.8. The third-order valence-electron chi connectivity index (χ3n) is 5.89. The van der Waals surface area contributed by atoms with E-state index in [2.05, 4.69) is 15.0 Å². The molecule has 1 heterocycles. The highest BCUT2D eigenvalue weighted by Crippen LogP contribution is 2.34. The van der Waals surface area contributed by atoms with Crippen molar-refractivity contribution in [2.45, 2.75) is 19.3 Å². The molecule has 182 valence electrons. The summed E-state index contributed by atoms with van der Waals surface area (Å²) in [5, 5.41) is 3.59. The van der Waals surface area contributed by atoms with E-state index in [1.165, 1.54) is 19.2 Å². The highest BCUT2D eigenvalue weighted by molar-refractivity contribution is 7.92. The quantitative estimate of drug-likeness (QED) is 0.325. The molecule has 0 atom stereocenters. The van der Waals surface area contributed by atoms with Crippen molar-refractivity contribution in [2.24, 2.45) is 0 Å². The molecular formula is C26H26FN3O4S. The Kier molecular flexibility index (Phi) is 6.29. The standard InChI is InChI=1S/C26H26FN3O4S/c1-26(2,17-8-10-19(27)11-9-17)18-6-5-7-20(14-18)28-25(31)23-12-16-13-24(34-3)22(15-21(16)29-23)30-35(4,32)33/h5-15,29-30H,1-4H3,(H,28,31). The summed E-state index contributed by atoms with van der Waals surface area (Å²) in [6, 6.07) is 18.8. The molecule has 3 aromatic carbocycles. The van der Waals surface area contributed by atoms with E-state index >= 15 is 0 Å². The Labute approximate surface area is 203 Å². The maximum absolute atomic E-state index is 13.4. The van der Waals surface area contributed by atoms with Gasteiger partial charge in [0.2, 0.25) is 10.0 Å². The first-order chi connectivity index (χ1) is 16.5. The summed E-state index contributed by atoms with van der Waals surface area (Å²) in [4.78, 5) is 16.0. The predicted octanol–water partition coefficient (Wildman–Crippen LogP) is 5.27. The molecule has 0 fully saturated rings. The fraction of sp³-hybridized carbons (Fsp3) is 0.192. The lowest BCUT2D eigenvalue weighted by Crippen LogP contribution is -2.19. The van der Waals surface area contributed by atoms with Crippen LogP contribution in [0.5, 0.6) is 5.75 Å². The van der Waals surface area contributed by atoms with Gasteiger partial charge in [-0.05, 0) is 53.6 Å². The van der Waals surface area contributed by atoms with Gasteiger partial charge in [-0.1, -0.05) is 38.1 Å². The van der Waals surface area contributed by atoms with Crippen molar-refractivity contribution in [1.82, 2.24) is 4.98 Å². The van der Waals surface area contributed by atoms with Crippen molar-refractivity contribution in [3.05, 3.63) is 89.4 Å². The second-order valence-corrected chi connectivity index (χ2v) is 10.6. The van der Waals surface area contributed by atoms with Gasteiger partial charge >= 0.3 is 0 Å². The number of anilines is 2. The van der Waals surface area contributed by atoms with Gasteiger partial charge in [-0.3, -0.25) is 9.52 Å². The molecule has 4 rings (SSSR count). The number of methoxy groups -OCH3 is 1. The van der Waals surface area contributed by atoms with Crippen molar-refractivity contribution in [1.29, 1.82) is 0 Å². The first-order valence-corrected chi connectivity index (χ1v) is 12.7. The van der Waals surface area contributed by atoms with Gasteiger partial charge in [-0.15, -0.1) is 0 Å². The topological polar surface area (TPSA) is 100 Å². The third-order valence-corrected chi connectivity index (χ3v) is 6.48. The SMILES string of the molecule is COc1cc2cc(C(=O)Nc3cccc(C(C)(C)c4ccc(F)cc4)c3)[nH]c2cc1NS(C)(=O)=O. The minimum Gasteiger partial charge on any atom is -0.495 e. The molecule has 0 radical (unpaired) electrons. The largest absolute Gasteiger partial charge is 0.495 e. The lowest BCUT2D eigenvalue weighted by Gasteiger charge is -2.26. The van der Waals surface area contributed by atoms with Crippen molar-refractivity contribution < 1.29 is 22.3 Å². The number of fused-ring (bicyclic) bond motifs is 1. The number of nitrogens with one attached hydrogen (secondary N) is 3. The van der Waals surface area contributed by atoms with Crippen LogP contribution in [0, 0.1) is 5.82 Å². The normalized spacial score (nSPS) is 11.9. The number of ether oxygens (including phenoxy) is 1. The van der Waals surface area contributed by atoms with E-state index < -0.39 is 15.4 Å². The molecule has 4 aromatic rings. The molecule has 35 heavy (non-hydrogen) atoms. The summed E-state index contributed by atoms with van der Waals surface area (Å²) in [6.07, 6.45) is 1.05. The molecule has 0 saturated heterocycles.